The molecule has 4 heterocycles. The molecule has 0 radical (unpaired) electrons. The number of aliphatic hydroxyl groups excluding tert-OH is 1. The topological polar surface area (TPSA) is 123 Å². The van der Waals surface area contributed by atoms with Gasteiger partial charge >= 0.3 is 0 Å². The number of fused-ring (bicyclic) bond motifs is 2. The van der Waals surface area contributed by atoms with Gasteiger partial charge in [0.05, 0.1) is 34.0 Å². The van der Waals surface area contributed by atoms with Gasteiger partial charge in [-0.05, 0) is 67.6 Å². The molecule has 272 valence electrons. The Bertz CT molecular complexity index is 2050. The number of unbranched alkanes of at least 4 members (excludes halogenated alkanes) is 2. The fraction of sp³-hybridized carbons (Fsp3) is 0.425. The number of benzene rings is 2. The van der Waals surface area contributed by atoms with E-state index in [1.807, 2.05) is 36.9 Å². The molecule has 1 spiro atoms. The monoisotopic (exact) mass is 723 g/mol. The summed E-state index contributed by atoms with van der Waals surface area (Å²) in [6, 6.07) is 16.4. The zero-order valence-corrected chi connectivity index (χ0v) is 30.9. The second kappa shape index (κ2) is 14.4. The van der Waals surface area contributed by atoms with Crippen molar-refractivity contribution in [1.82, 2.24) is 19.2 Å². The summed E-state index contributed by atoms with van der Waals surface area (Å²) >= 11 is 6.14. The Hall–Kier alpha value is -4.74. The molecule has 4 atom stereocenters. The summed E-state index contributed by atoms with van der Waals surface area (Å²) in [7, 11) is 0. The van der Waals surface area contributed by atoms with Crippen LogP contribution in [0.25, 0.3) is 5.65 Å². The molecule has 52 heavy (non-hydrogen) atoms. The number of aromatic nitrogens is 2. The number of aliphatic hydroxyl groups is 1. The van der Waals surface area contributed by atoms with E-state index in [1.165, 1.54) is 0 Å². The van der Waals surface area contributed by atoms with E-state index in [4.69, 9.17) is 16.7 Å². The van der Waals surface area contributed by atoms with Crippen molar-refractivity contribution in [3.63, 3.8) is 0 Å². The minimum Gasteiger partial charge on any atom is -0.391 e. The number of imidazole rings is 1. The molecule has 0 bridgehead atoms. The highest BCUT2D eigenvalue weighted by molar-refractivity contribution is 6.40. The van der Waals surface area contributed by atoms with Crippen LogP contribution < -0.4 is 10.3 Å². The Morgan fingerprint density at radius 2 is 1.71 bits per heavy atom. The number of hydrogen-bond donors (Lipinski definition) is 2. The Morgan fingerprint density at radius 3 is 2.40 bits per heavy atom. The number of rotatable bonds is 11. The van der Waals surface area contributed by atoms with E-state index in [-0.39, 0.29) is 29.5 Å². The molecule has 4 aromatic rings. The highest BCUT2D eigenvalue weighted by Crippen LogP contribution is 2.50. The van der Waals surface area contributed by atoms with Gasteiger partial charge < -0.3 is 24.6 Å². The van der Waals surface area contributed by atoms with Crippen LogP contribution in [0.4, 0.5) is 11.4 Å². The van der Waals surface area contributed by atoms with E-state index < -0.39 is 17.6 Å². The molecule has 2 aromatic heterocycles. The maximum Gasteiger partial charge on any atom is 0.275 e. The van der Waals surface area contributed by atoms with Crippen LogP contribution in [0.3, 0.4) is 0 Å². The molecule has 2 aromatic carbocycles. The third-order valence-electron chi connectivity index (χ3n) is 10.9. The van der Waals surface area contributed by atoms with Gasteiger partial charge in [0.2, 0.25) is 0 Å². The van der Waals surface area contributed by atoms with Gasteiger partial charge in [0, 0.05) is 50.1 Å². The van der Waals surface area contributed by atoms with Gasteiger partial charge in [0.1, 0.15) is 17.1 Å². The van der Waals surface area contributed by atoms with Crippen molar-refractivity contribution in [2.75, 3.05) is 23.4 Å². The summed E-state index contributed by atoms with van der Waals surface area (Å²) in [5.74, 6) is -0.980. The molecule has 12 heteroatoms. The molecule has 3 aliphatic rings. The summed E-state index contributed by atoms with van der Waals surface area (Å²) in [6.45, 7) is 9.95. The Balaban J connectivity index is 1.26. The quantitative estimate of drug-likeness (QED) is 0.181. The number of halogens is 1. The van der Waals surface area contributed by atoms with Crippen LogP contribution in [0, 0.1) is 5.92 Å². The van der Waals surface area contributed by atoms with E-state index in [1.54, 1.807) is 57.0 Å². The van der Waals surface area contributed by atoms with Crippen LogP contribution in [0.5, 0.6) is 0 Å². The SMILES string of the molecule is CCCCN(CCCC)C(=O)C1=NN(c2ccc(NC(=O)c3cn4cc(Cl)ccc4n3)cc2C(=O)N2Cc3ccccc3CC23CC3O)C(C)C1C. The maximum absolute atomic E-state index is 14.9. The predicted octanol–water partition coefficient (Wildman–Crippen LogP) is 6.57. The molecule has 1 saturated carbocycles. The first-order chi connectivity index (χ1) is 25.0. The molecule has 1 fully saturated rings. The van der Waals surface area contributed by atoms with Crippen molar-refractivity contribution in [1.29, 1.82) is 0 Å². The van der Waals surface area contributed by atoms with Crippen LogP contribution in [-0.2, 0) is 17.8 Å². The standard InChI is InChI=1S/C40H46ClN7O4/c1-5-7-17-45(18-8-6-2)39(52)36-25(3)26(4)48(44-36)33-15-14-30(42-37(50)32-24-46-23-29(41)13-16-35(46)43-32)19-31(33)38(51)47-22-28-12-10-9-11-27(28)20-40(47)21-34(40)49/h9-16,19,23-26,34,49H,5-8,17-18,20-22H2,1-4H3,(H,42,50). The molecular weight excluding hydrogens is 678 g/mol. The van der Waals surface area contributed by atoms with Gasteiger partial charge in [0.15, 0.2) is 0 Å². The van der Waals surface area contributed by atoms with Gasteiger partial charge in [-0.1, -0.05) is 69.5 Å². The van der Waals surface area contributed by atoms with Crippen molar-refractivity contribution < 1.29 is 19.5 Å². The van der Waals surface area contributed by atoms with Crippen molar-refractivity contribution in [2.24, 2.45) is 11.0 Å². The third-order valence-corrected chi connectivity index (χ3v) is 11.2. The van der Waals surface area contributed by atoms with Crippen LogP contribution in [0.15, 0.2) is 72.1 Å². The predicted molar refractivity (Wildman–Crippen MR) is 203 cm³/mol. The number of nitrogens with zero attached hydrogens (tertiary/aromatic N) is 6. The lowest BCUT2D eigenvalue weighted by molar-refractivity contribution is -0.124. The lowest BCUT2D eigenvalue weighted by Crippen LogP contribution is -2.48. The minimum absolute atomic E-state index is 0.0676. The molecule has 2 N–H and O–H groups in total. The van der Waals surface area contributed by atoms with Crippen molar-refractivity contribution in [3.05, 3.63) is 94.4 Å². The smallest absolute Gasteiger partial charge is 0.275 e. The number of anilines is 2. The number of carbonyl (C=O) groups excluding carboxylic acids is 3. The normalized spacial score (nSPS) is 22.0. The Kier molecular flexibility index (Phi) is 9.84. The van der Waals surface area contributed by atoms with E-state index in [2.05, 4.69) is 30.2 Å². The Labute approximate surface area is 309 Å². The van der Waals surface area contributed by atoms with Crippen LogP contribution in [-0.4, -0.2) is 78.5 Å². The molecular formula is C40H46ClN7O4. The number of hydrogen-bond acceptors (Lipinski definition) is 7. The molecule has 4 unspecified atom stereocenters. The number of nitrogens with one attached hydrogen (secondary N) is 1. The summed E-state index contributed by atoms with van der Waals surface area (Å²) in [6.07, 6.45) is 7.46. The van der Waals surface area contributed by atoms with Crippen molar-refractivity contribution in [2.45, 2.75) is 90.4 Å². The number of pyridine rings is 1. The lowest BCUT2D eigenvalue weighted by atomic mass is 9.91. The van der Waals surface area contributed by atoms with Crippen LogP contribution in [0.2, 0.25) is 5.02 Å². The number of carbonyl (C=O) groups is 3. The highest BCUT2D eigenvalue weighted by atomic mass is 35.5. The molecule has 11 nitrogen and oxygen atoms in total. The summed E-state index contributed by atoms with van der Waals surface area (Å²) in [4.78, 5) is 50.5. The third kappa shape index (κ3) is 6.56. The average molecular weight is 724 g/mol. The first-order valence-corrected chi connectivity index (χ1v) is 18.8. The van der Waals surface area contributed by atoms with Crippen LogP contribution in [0.1, 0.15) is 91.8 Å². The second-order valence-corrected chi connectivity index (χ2v) is 14.9. The zero-order chi connectivity index (χ0) is 36.7. The highest BCUT2D eigenvalue weighted by Gasteiger charge is 2.61. The van der Waals surface area contributed by atoms with Crippen molar-refractivity contribution in [3.8, 4) is 0 Å². The molecule has 1 aliphatic carbocycles. The van der Waals surface area contributed by atoms with Gasteiger partial charge in [-0.3, -0.25) is 19.4 Å². The zero-order valence-electron chi connectivity index (χ0n) is 30.2. The van der Waals surface area contributed by atoms with E-state index in [0.717, 1.165) is 36.8 Å². The first kappa shape index (κ1) is 35.7. The summed E-state index contributed by atoms with van der Waals surface area (Å²) in [5, 5.41) is 21.2. The minimum atomic E-state index is -0.715. The fourth-order valence-electron chi connectivity index (χ4n) is 7.49. The van der Waals surface area contributed by atoms with Gasteiger partial charge in [0.25, 0.3) is 17.7 Å². The van der Waals surface area contributed by atoms with Gasteiger partial charge in [-0.15, -0.1) is 0 Å². The van der Waals surface area contributed by atoms with Crippen LogP contribution >= 0.6 is 11.6 Å². The molecule has 0 saturated heterocycles. The molecule has 2 aliphatic heterocycles. The number of amides is 3. The maximum atomic E-state index is 14.9. The first-order valence-electron chi connectivity index (χ1n) is 18.4. The summed E-state index contributed by atoms with van der Waals surface area (Å²) in [5.41, 5.74) is 3.94. The average Bonchev–Trinajstić information content (AvgIpc) is 3.42. The van der Waals surface area contributed by atoms with E-state index in [0.29, 0.717) is 65.8 Å². The molecule has 7 rings (SSSR count). The van der Waals surface area contributed by atoms with E-state index in [9.17, 15) is 19.5 Å². The Morgan fingerprint density at radius 1 is 1.00 bits per heavy atom. The number of hydrazone groups is 1. The second-order valence-electron chi connectivity index (χ2n) is 14.4. The largest absolute Gasteiger partial charge is 0.391 e. The molecule has 3 amide bonds. The van der Waals surface area contributed by atoms with Gasteiger partial charge in [-0.25, -0.2) is 4.98 Å². The summed E-state index contributed by atoms with van der Waals surface area (Å²) < 4.78 is 1.68. The van der Waals surface area contributed by atoms with Crippen molar-refractivity contribution >= 4 is 52.1 Å². The van der Waals surface area contributed by atoms with Gasteiger partial charge in [-0.2, -0.15) is 5.10 Å². The van der Waals surface area contributed by atoms with E-state index >= 15 is 0 Å². The lowest BCUT2D eigenvalue weighted by Gasteiger charge is -2.38. The fourth-order valence-corrected chi connectivity index (χ4v) is 7.66.